The van der Waals surface area contributed by atoms with E-state index in [1.54, 1.807) is 6.20 Å². The van der Waals surface area contributed by atoms with Gasteiger partial charge >= 0.3 is 0 Å². The molecule has 138 valence electrons. The Morgan fingerprint density at radius 3 is 2.59 bits per heavy atom. The molecule has 2 aromatic heterocycles. The molecule has 0 saturated carbocycles. The number of amides is 1. The molecular formula is C21H21N3O3. The number of carbonyl (C=O) groups excluding carboxylic acids is 1. The summed E-state index contributed by atoms with van der Waals surface area (Å²) in [6.45, 7) is 6.97. The highest BCUT2D eigenvalue weighted by Crippen LogP contribution is 2.33. The maximum Gasteiger partial charge on any atom is 0.258 e. The molecule has 0 atom stereocenters. The fraction of sp³-hybridized carbons (Fsp3) is 0.238. The fourth-order valence-electron chi connectivity index (χ4n) is 3.35. The van der Waals surface area contributed by atoms with Gasteiger partial charge in [-0.25, -0.2) is 4.98 Å². The van der Waals surface area contributed by atoms with Gasteiger partial charge in [0, 0.05) is 29.3 Å². The second-order valence-corrected chi connectivity index (χ2v) is 6.62. The van der Waals surface area contributed by atoms with E-state index < -0.39 is 0 Å². The van der Waals surface area contributed by atoms with E-state index in [1.165, 1.54) is 0 Å². The highest BCUT2D eigenvalue weighted by Gasteiger charge is 2.19. The number of anilines is 1. The van der Waals surface area contributed by atoms with Crippen LogP contribution in [0.15, 0.2) is 42.6 Å². The standard InChI is InChI=1S/C21H21N3O3/c1-13-6-7-22-20(10-13)23-21(25)17-11-14(2)24(15(17)3)16-4-5-18-19(12-16)27-9-8-26-18/h4-7,10-12H,8-9H2,1-3H3,(H,22,23,25). The molecule has 3 aromatic rings. The van der Waals surface area contributed by atoms with Gasteiger partial charge in [-0.2, -0.15) is 0 Å². The molecule has 27 heavy (non-hydrogen) atoms. The molecule has 0 spiro atoms. The first-order valence-electron chi connectivity index (χ1n) is 8.86. The van der Waals surface area contributed by atoms with Crippen molar-refractivity contribution in [2.75, 3.05) is 18.5 Å². The molecule has 4 rings (SSSR count). The first-order chi connectivity index (χ1) is 13.0. The average molecular weight is 363 g/mol. The van der Waals surface area contributed by atoms with Gasteiger partial charge < -0.3 is 19.4 Å². The number of rotatable bonds is 3. The van der Waals surface area contributed by atoms with Gasteiger partial charge in [0.2, 0.25) is 0 Å². The molecule has 0 aliphatic carbocycles. The van der Waals surface area contributed by atoms with Crippen LogP contribution >= 0.6 is 0 Å². The normalized spacial score (nSPS) is 12.7. The van der Waals surface area contributed by atoms with Crippen LogP contribution < -0.4 is 14.8 Å². The zero-order valence-corrected chi connectivity index (χ0v) is 15.6. The minimum atomic E-state index is -0.176. The van der Waals surface area contributed by atoms with E-state index in [0.717, 1.165) is 34.1 Å². The molecule has 1 aliphatic rings. The van der Waals surface area contributed by atoms with Crippen LogP contribution in [0, 0.1) is 20.8 Å². The molecule has 1 amide bonds. The number of fused-ring (bicyclic) bond motifs is 1. The van der Waals surface area contributed by atoms with Gasteiger partial charge in [0.05, 0.1) is 5.56 Å². The van der Waals surface area contributed by atoms with Crippen LogP contribution in [0.25, 0.3) is 5.69 Å². The van der Waals surface area contributed by atoms with Crippen molar-refractivity contribution in [3.05, 3.63) is 65.1 Å². The molecule has 0 fully saturated rings. The summed E-state index contributed by atoms with van der Waals surface area (Å²) in [5.41, 5.74) is 4.41. The Labute approximate surface area is 157 Å². The summed E-state index contributed by atoms with van der Waals surface area (Å²) < 4.78 is 13.3. The summed E-state index contributed by atoms with van der Waals surface area (Å²) in [6, 6.07) is 11.4. The summed E-state index contributed by atoms with van der Waals surface area (Å²) in [4.78, 5) is 17.0. The molecule has 0 radical (unpaired) electrons. The molecule has 0 bridgehead atoms. The first-order valence-corrected chi connectivity index (χ1v) is 8.86. The lowest BCUT2D eigenvalue weighted by molar-refractivity contribution is 0.102. The molecule has 1 N–H and O–H groups in total. The second kappa shape index (κ2) is 6.79. The third-order valence-electron chi connectivity index (χ3n) is 4.62. The summed E-state index contributed by atoms with van der Waals surface area (Å²) in [7, 11) is 0. The van der Waals surface area contributed by atoms with Crippen LogP contribution in [0.5, 0.6) is 11.5 Å². The average Bonchev–Trinajstić information content (AvgIpc) is 2.96. The van der Waals surface area contributed by atoms with E-state index in [9.17, 15) is 4.79 Å². The summed E-state index contributed by atoms with van der Waals surface area (Å²) in [6.07, 6.45) is 1.68. The van der Waals surface area contributed by atoms with Gasteiger partial charge in [0.15, 0.2) is 11.5 Å². The minimum absolute atomic E-state index is 0.176. The Morgan fingerprint density at radius 1 is 1.04 bits per heavy atom. The maximum atomic E-state index is 12.8. The van der Waals surface area contributed by atoms with E-state index in [4.69, 9.17) is 9.47 Å². The molecule has 1 aliphatic heterocycles. The predicted octanol–water partition coefficient (Wildman–Crippen LogP) is 3.82. The number of nitrogens with one attached hydrogen (secondary N) is 1. The third kappa shape index (κ3) is 3.26. The minimum Gasteiger partial charge on any atom is -0.486 e. The number of carbonyl (C=O) groups is 1. The van der Waals surface area contributed by atoms with Crippen molar-refractivity contribution >= 4 is 11.7 Å². The fourth-order valence-corrected chi connectivity index (χ4v) is 3.35. The van der Waals surface area contributed by atoms with Gasteiger partial charge in [-0.05, 0) is 56.7 Å². The monoisotopic (exact) mass is 363 g/mol. The van der Waals surface area contributed by atoms with Crippen LogP contribution in [-0.4, -0.2) is 28.7 Å². The summed E-state index contributed by atoms with van der Waals surface area (Å²) in [5.74, 6) is 1.84. The second-order valence-electron chi connectivity index (χ2n) is 6.62. The summed E-state index contributed by atoms with van der Waals surface area (Å²) in [5, 5.41) is 2.87. The Kier molecular flexibility index (Phi) is 4.32. The van der Waals surface area contributed by atoms with Crippen molar-refractivity contribution in [3.8, 4) is 17.2 Å². The quantitative estimate of drug-likeness (QED) is 0.768. The number of hydrogen-bond acceptors (Lipinski definition) is 4. The van der Waals surface area contributed by atoms with Crippen LogP contribution in [0.4, 0.5) is 5.82 Å². The van der Waals surface area contributed by atoms with E-state index >= 15 is 0 Å². The van der Waals surface area contributed by atoms with Crippen molar-refractivity contribution in [2.24, 2.45) is 0 Å². The van der Waals surface area contributed by atoms with Crippen molar-refractivity contribution in [1.29, 1.82) is 0 Å². The van der Waals surface area contributed by atoms with Gasteiger partial charge in [-0.3, -0.25) is 4.79 Å². The van der Waals surface area contributed by atoms with Crippen LogP contribution in [0.2, 0.25) is 0 Å². The molecule has 3 heterocycles. The number of benzene rings is 1. The highest BCUT2D eigenvalue weighted by molar-refractivity contribution is 6.05. The Hall–Kier alpha value is -3.28. The lowest BCUT2D eigenvalue weighted by Crippen LogP contribution is -2.16. The lowest BCUT2D eigenvalue weighted by atomic mass is 10.2. The van der Waals surface area contributed by atoms with Gasteiger partial charge in [0.25, 0.3) is 5.91 Å². The lowest BCUT2D eigenvalue weighted by Gasteiger charge is -2.20. The van der Waals surface area contributed by atoms with Crippen molar-refractivity contribution < 1.29 is 14.3 Å². The van der Waals surface area contributed by atoms with Crippen LogP contribution in [0.3, 0.4) is 0 Å². The van der Waals surface area contributed by atoms with Crippen molar-refractivity contribution in [1.82, 2.24) is 9.55 Å². The topological polar surface area (TPSA) is 65.4 Å². The molecule has 0 saturated heterocycles. The maximum absolute atomic E-state index is 12.8. The predicted molar refractivity (Wildman–Crippen MR) is 103 cm³/mol. The summed E-state index contributed by atoms with van der Waals surface area (Å²) >= 11 is 0. The third-order valence-corrected chi connectivity index (χ3v) is 4.62. The molecule has 6 nitrogen and oxygen atoms in total. The number of pyridine rings is 1. The zero-order valence-electron chi connectivity index (χ0n) is 15.6. The molecule has 0 unspecified atom stereocenters. The van der Waals surface area contributed by atoms with Gasteiger partial charge in [-0.1, -0.05) is 0 Å². The van der Waals surface area contributed by atoms with E-state index in [0.29, 0.717) is 24.6 Å². The Balaban J connectivity index is 1.66. The number of nitrogens with zero attached hydrogens (tertiary/aromatic N) is 2. The largest absolute Gasteiger partial charge is 0.486 e. The number of hydrogen-bond donors (Lipinski definition) is 1. The Bertz CT molecular complexity index is 1020. The zero-order chi connectivity index (χ0) is 19.0. The molecule has 6 heteroatoms. The van der Waals surface area contributed by atoms with Crippen LogP contribution in [0.1, 0.15) is 27.3 Å². The van der Waals surface area contributed by atoms with E-state index in [2.05, 4.69) is 10.3 Å². The number of aryl methyl sites for hydroxylation is 2. The molecular weight excluding hydrogens is 342 g/mol. The smallest absolute Gasteiger partial charge is 0.258 e. The van der Waals surface area contributed by atoms with E-state index in [-0.39, 0.29) is 5.91 Å². The van der Waals surface area contributed by atoms with Gasteiger partial charge in [-0.15, -0.1) is 0 Å². The van der Waals surface area contributed by atoms with Crippen LogP contribution in [-0.2, 0) is 0 Å². The molecule has 1 aromatic carbocycles. The van der Waals surface area contributed by atoms with E-state index in [1.807, 2.05) is 61.7 Å². The highest BCUT2D eigenvalue weighted by atomic mass is 16.6. The van der Waals surface area contributed by atoms with Gasteiger partial charge in [0.1, 0.15) is 19.0 Å². The SMILES string of the molecule is Cc1ccnc(NC(=O)c2cc(C)n(-c3ccc4c(c3)OCCO4)c2C)c1. The Morgan fingerprint density at radius 2 is 1.81 bits per heavy atom. The van der Waals surface area contributed by atoms with Crippen molar-refractivity contribution in [2.45, 2.75) is 20.8 Å². The first kappa shape index (κ1) is 17.1. The number of aromatic nitrogens is 2. The number of ether oxygens (including phenoxy) is 2. The van der Waals surface area contributed by atoms with Crippen molar-refractivity contribution in [3.63, 3.8) is 0 Å².